The largest absolute Gasteiger partial charge is 0.474 e. The van der Waals surface area contributed by atoms with E-state index in [-0.39, 0.29) is 0 Å². The van der Waals surface area contributed by atoms with Crippen molar-refractivity contribution in [3.8, 4) is 5.88 Å². The van der Waals surface area contributed by atoms with Crippen molar-refractivity contribution < 1.29 is 4.74 Å². The number of aromatic nitrogens is 3. The van der Waals surface area contributed by atoms with Crippen LogP contribution in [0, 0.1) is 0 Å². The van der Waals surface area contributed by atoms with E-state index >= 15 is 0 Å². The van der Waals surface area contributed by atoms with Gasteiger partial charge in [0.1, 0.15) is 6.10 Å². The van der Waals surface area contributed by atoms with Gasteiger partial charge in [0, 0.05) is 12.4 Å². The molecule has 3 heterocycles. The van der Waals surface area contributed by atoms with E-state index in [4.69, 9.17) is 4.74 Å². The Morgan fingerprint density at radius 1 is 1.31 bits per heavy atom. The molecule has 0 unspecified atom stereocenters. The molecule has 1 fully saturated rings. The van der Waals surface area contributed by atoms with Crippen LogP contribution in [-0.2, 0) is 0 Å². The highest BCUT2D eigenvalue weighted by Crippen LogP contribution is 2.17. The summed E-state index contributed by atoms with van der Waals surface area (Å²) in [6.45, 7) is 2.06. The minimum atomic E-state index is 0.300. The first-order valence-corrected chi connectivity index (χ1v) is 5.58. The third kappa shape index (κ3) is 1.74. The molecule has 16 heavy (non-hydrogen) atoms. The first-order valence-electron chi connectivity index (χ1n) is 5.58. The molecule has 1 aliphatic rings. The van der Waals surface area contributed by atoms with Crippen LogP contribution in [0.4, 0.5) is 0 Å². The van der Waals surface area contributed by atoms with Crippen molar-refractivity contribution in [3.05, 3.63) is 24.8 Å². The predicted octanol–water partition coefficient (Wildman–Crippen LogP) is 0.860. The Bertz CT molecular complexity index is 476. The zero-order chi connectivity index (χ0) is 10.8. The fourth-order valence-electron chi connectivity index (χ4n) is 1.99. The van der Waals surface area contributed by atoms with Crippen molar-refractivity contribution >= 4 is 5.65 Å². The van der Waals surface area contributed by atoms with Gasteiger partial charge in [0.15, 0.2) is 5.65 Å². The smallest absolute Gasteiger partial charge is 0.218 e. The van der Waals surface area contributed by atoms with Crippen LogP contribution in [0.3, 0.4) is 0 Å². The molecule has 0 spiro atoms. The molecule has 84 valence electrons. The summed E-state index contributed by atoms with van der Waals surface area (Å²) in [5.41, 5.74) is 0.825. The second-order valence-corrected chi connectivity index (χ2v) is 3.97. The number of nitrogens with one attached hydrogen (secondary N) is 1. The number of fused-ring (bicyclic) bond motifs is 1. The fourth-order valence-corrected chi connectivity index (χ4v) is 1.99. The Labute approximate surface area is 93.5 Å². The van der Waals surface area contributed by atoms with Gasteiger partial charge in [-0.3, -0.25) is 9.38 Å². The van der Waals surface area contributed by atoms with E-state index in [0.717, 1.165) is 37.5 Å². The molecule has 1 N–H and O–H groups in total. The van der Waals surface area contributed by atoms with Crippen LogP contribution < -0.4 is 10.1 Å². The molecule has 0 atom stereocenters. The minimum Gasteiger partial charge on any atom is -0.474 e. The van der Waals surface area contributed by atoms with Crippen molar-refractivity contribution in [2.75, 3.05) is 13.1 Å². The first kappa shape index (κ1) is 9.59. The summed E-state index contributed by atoms with van der Waals surface area (Å²) in [5, 5.41) is 3.32. The quantitative estimate of drug-likeness (QED) is 0.812. The van der Waals surface area contributed by atoms with Crippen LogP contribution in [0.5, 0.6) is 5.88 Å². The predicted molar refractivity (Wildman–Crippen MR) is 59.5 cm³/mol. The Balaban J connectivity index is 1.83. The molecule has 0 radical (unpaired) electrons. The van der Waals surface area contributed by atoms with Crippen molar-refractivity contribution in [1.82, 2.24) is 19.7 Å². The van der Waals surface area contributed by atoms with E-state index < -0.39 is 0 Å². The summed E-state index contributed by atoms with van der Waals surface area (Å²) in [7, 11) is 0. The fraction of sp³-hybridized carbons (Fsp3) is 0.455. The summed E-state index contributed by atoms with van der Waals surface area (Å²) in [6, 6.07) is 0. The Morgan fingerprint density at radius 3 is 3.06 bits per heavy atom. The van der Waals surface area contributed by atoms with Gasteiger partial charge in [-0.2, -0.15) is 0 Å². The number of imidazole rings is 1. The second-order valence-electron chi connectivity index (χ2n) is 3.97. The highest BCUT2D eigenvalue weighted by Gasteiger charge is 2.16. The van der Waals surface area contributed by atoms with Crippen molar-refractivity contribution in [1.29, 1.82) is 0 Å². The van der Waals surface area contributed by atoms with Gasteiger partial charge in [0.25, 0.3) is 0 Å². The van der Waals surface area contributed by atoms with Gasteiger partial charge in [-0.1, -0.05) is 0 Å². The summed E-state index contributed by atoms with van der Waals surface area (Å²) >= 11 is 0. The third-order valence-corrected chi connectivity index (χ3v) is 2.86. The van der Waals surface area contributed by atoms with E-state index in [1.54, 1.807) is 18.6 Å². The van der Waals surface area contributed by atoms with Crippen molar-refractivity contribution in [2.45, 2.75) is 18.9 Å². The van der Waals surface area contributed by atoms with Crippen molar-refractivity contribution in [3.63, 3.8) is 0 Å². The van der Waals surface area contributed by atoms with Gasteiger partial charge < -0.3 is 10.1 Å². The lowest BCUT2D eigenvalue weighted by Gasteiger charge is -2.23. The average Bonchev–Trinajstić information content (AvgIpc) is 2.74. The van der Waals surface area contributed by atoms with E-state index in [1.165, 1.54) is 0 Å². The molecule has 0 aromatic carbocycles. The van der Waals surface area contributed by atoms with Gasteiger partial charge >= 0.3 is 0 Å². The lowest BCUT2D eigenvalue weighted by Crippen LogP contribution is -2.34. The molecule has 0 aliphatic carbocycles. The van der Waals surface area contributed by atoms with Gasteiger partial charge in [0.05, 0.1) is 12.4 Å². The zero-order valence-electron chi connectivity index (χ0n) is 8.97. The molecule has 0 amide bonds. The highest BCUT2D eigenvalue weighted by molar-refractivity contribution is 5.39. The molecule has 0 bridgehead atoms. The maximum atomic E-state index is 5.94. The molecule has 2 aromatic heterocycles. The Morgan fingerprint density at radius 2 is 2.19 bits per heavy atom. The van der Waals surface area contributed by atoms with Crippen LogP contribution in [0.25, 0.3) is 5.65 Å². The molecule has 3 rings (SSSR count). The van der Waals surface area contributed by atoms with Gasteiger partial charge in [0.2, 0.25) is 5.88 Å². The summed E-state index contributed by atoms with van der Waals surface area (Å²) in [6.07, 6.45) is 9.52. The molecule has 5 heteroatoms. The minimum absolute atomic E-state index is 0.300. The monoisotopic (exact) mass is 218 g/mol. The molecule has 5 nitrogen and oxygen atoms in total. The number of hydrogen-bond acceptors (Lipinski definition) is 4. The number of hydrogen-bond donors (Lipinski definition) is 1. The van der Waals surface area contributed by atoms with Gasteiger partial charge in [-0.15, -0.1) is 0 Å². The lowest BCUT2D eigenvalue weighted by atomic mass is 10.1. The molecular weight excluding hydrogens is 204 g/mol. The normalized spacial score (nSPS) is 17.8. The highest BCUT2D eigenvalue weighted by atomic mass is 16.5. The summed E-state index contributed by atoms with van der Waals surface area (Å²) in [5.74, 6) is 0.810. The molecule has 2 aromatic rings. The zero-order valence-corrected chi connectivity index (χ0v) is 8.97. The molecular formula is C11H14N4O. The average molecular weight is 218 g/mol. The van der Waals surface area contributed by atoms with Crippen LogP contribution in [0.2, 0.25) is 0 Å². The van der Waals surface area contributed by atoms with Crippen LogP contribution >= 0.6 is 0 Å². The topological polar surface area (TPSA) is 51.5 Å². The van der Waals surface area contributed by atoms with Crippen LogP contribution in [-0.4, -0.2) is 33.6 Å². The number of ether oxygens (including phenoxy) is 1. The standard InChI is InChI=1S/C11H14N4O/c1-3-12-4-2-9(1)16-11-8-14-10-7-13-5-6-15(10)11/h5-9,12H,1-4H2. The van der Waals surface area contributed by atoms with E-state index in [2.05, 4.69) is 15.3 Å². The maximum Gasteiger partial charge on any atom is 0.218 e. The van der Waals surface area contributed by atoms with Crippen LogP contribution in [0.1, 0.15) is 12.8 Å². The SMILES string of the molecule is c1cn2c(OC3CCNCC3)cnc2cn1. The first-order chi connectivity index (χ1) is 7.93. The number of rotatable bonds is 2. The molecule has 0 saturated carbocycles. The summed E-state index contributed by atoms with van der Waals surface area (Å²) < 4.78 is 7.87. The van der Waals surface area contributed by atoms with Crippen molar-refractivity contribution in [2.24, 2.45) is 0 Å². The Kier molecular flexibility index (Phi) is 2.46. The van der Waals surface area contributed by atoms with Gasteiger partial charge in [-0.25, -0.2) is 4.98 Å². The second kappa shape index (κ2) is 4.09. The summed E-state index contributed by atoms with van der Waals surface area (Å²) in [4.78, 5) is 8.27. The molecule has 1 saturated heterocycles. The number of nitrogens with zero attached hydrogens (tertiary/aromatic N) is 3. The third-order valence-electron chi connectivity index (χ3n) is 2.86. The Hall–Kier alpha value is -1.62. The lowest BCUT2D eigenvalue weighted by molar-refractivity contribution is 0.154. The van der Waals surface area contributed by atoms with E-state index in [1.807, 2.05) is 10.6 Å². The molecule has 1 aliphatic heterocycles. The number of piperidine rings is 1. The van der Waals surface area contributed by atoms with Crippen LogP contribution in [0.15, 0.2) is 24.8 Å². The van der Waals surface area contributed by atoms with Gasteiger partial charge in [-0.05, 0) is 25.9 Å². The van der Waals surface area contributed by atoms with E-state index in [9.17, 15) is 0 Å². The van der Waals surface area contributed by atoms with E-state index in [0.29, 0.717) is 6.10 Å². The maximum absolute atomic E-state index is 5.94.